The Balaban J connectivity index is 3.38. The van der Waals surface area contributed by atoms with Gasteiger partial charge in [0.2, 0.25) is 0 Å². The Bertz CT molecular complexity index is 88.9. The summed E-state index contributed by atoms with van der Waals surface area (Å²) < 4.78 is 1.85. The Morgan fingerprint density at radius 2 is 2.11 bits per heavy atom. The lowest BCUT2D eigenvalue weighted by molar-refractivity contribution is 0.195. The molecule has 0 aromatic rings. The molecule has 0 amide bonds. The van der Waals surface area contributed by atoms with Crippen LogP contribution in [0.3, 0.4) is 0 Å². The molecule has 1 unspecified atom stereocenters. The summed E-state index contributed by atoms with van der Waals surface area (Å²) in [5.74, 6) is 0.576. The van der Waals surface area contributed by atoms with Gasteiger partial charge in [0.25, 0.3) is 0 Å². The van der Waals surface area contributed by atoms with Gasteiger partial charge in [-0.1, -0.05) is 42.5 Å². The molecule has 54 valence electrons. The highest BCUT2D eigenvalue weighted by Gasteiger charge is 2.00. The molecule has 0 aliphatic carbocycles. The number of halogens is 1. The van der Waals surface area contributed by atoms with Crippen molar-refractivity contribution in [2.75, 3.05) is 0 Å². The van der Waals surface area contributed by atoms with Gasteiger partial charge in [-0.15, -0.1) is 0 Å². The van der Waals surface area contributed by atoms with Crippen LogP contribution in [0.15, 0.2) is 10.2 Å². The van der Waals surface area contributed by atoms with Gasteiger partial charge in [-0.3, -0.25) is 0 Å². The fourth-order valence-electron chi connectivity index (χ4n) is 0.646. The van der Waals surface area contributed by atoms with Crippen molar-refractivity contribution < 1.29 is 5.11 Å². The molecule has 0 aliphatic rings. The van der Waals surface area contributed by atoms with Gasteiger partial charge in [-0.25, -0.2) is 0 Å². The monoisotopic (exact) mass is 240 g/mol. The predicted molar refractivity (Wildman–Crippen MR) is 48.6 cm³/mol. The summed E-state index contributed by atoms with van der Waals surface area (Å²) in [4.78, 5) is 0. The molecule has 0 saturated heterocycles. The zero-order valence-electron chi connectivity index (χ0n) is 5.84. The number of hydrogen-bond acceptors (Lipinski definition) is 1. The number of rotatable bonds is 3. The smallest absolute Gasteiger partial charge is 0.0730 e. The first-order chi connectivity index (χ1) is 4.16. The first-order valence-electron chi connectivity index (χ1n) is 3.11. The van der Waals surface area contributed by atoms with Crippen molar-refractivity contribution in [2.24, 2.45) is 5.92 Å². The minimum atomic E-state index is -0.248. The van der Waals surface area contributed by atoms with E-state index in [1.165, 1.54) is 0 Å². The summed E-state index contributed by atoms with van der Waals surface area (Å²) in [6.07, 6.45) is 2.42. The van der Waals surface area contributed by atoms with Gasteiger partial charge in [0, 0.05) is 0 Å². The second-order valence-corrected chi connectivity index (χ2v) is 3.23. The van der Waals surface area contributed by atoms with Crippen molar-refractivity contribution in [3.05, 3.63) is 10.2 Å². The van der Waals surface area contributed by atoms with E-state index in [1.54, 1.807) is 6.08 Å². The minimum absolute atomic E-state index is 0.248. The molecular weight excluding hydrogens is 227 g/mol. The Morgan fingerprint density at radius 1 is 1.56 bits per heavy atom. The Labute approximate surface area is 70.3 Å². The molecule has 1 N–H and O–H groups in total. The standard InChI is InChI=1S/C7H13IO/c1-6(2)5-7(9)3-4-8/h3-4,6-7,9H,5H2,1-2H3/b4-3+. The van der Waals surface area contributed by atoms with Crippen molar-refractivity contribution in [1.82, 2.24) is 0 Å². The summed E-state index contributed by atoms with van der Waals surface area (Å²) >= 11 is 2.11. The van der Waals surface area contributed by atoms with E-state index in [-0.39, 0.29) is 6.10 Å². The van der Waals surface area contributed by atoms with Crippen LogP contribution in [0.5, 0.6) is 0 Å². The van der Waals surface area contributed by atoms with Crippen LogP contribution in [0, 0.1) is 5.92 Å². The third-order valence-corrected chi connectivity index (χ3v) is 1.42. The van der Waals surface area contributed by atoms with Crippen LogP contribution in [-0.2, 0) is 0 Å². The quantitative estimate of drug-likeness (QED) is 0.750. The molecule has 0 heterocycles. The van der Waals surface area contributed by atoms with E-state index < -0.39 is 0 Å². The van der Waals surface area contributed by atoms with Gasteiger partial charge >= 0.3 is 0 Å². The molecule has 9 heavy (non-hydrogen) atoms. The maximum Gasteiger partial charge on any atom is 0.0730 e. The SMILES string of the molecule is CC(C)CC(O)/C=C/I. The van der Waals surface area contributed by atoms with Crippen LogP contribution in [0.2, 0.25) is 0 Å². The first kappa shape index (κ1) is 9.43. The zero-order valence-corrected chi connectivity index (χ0v) is 8.00. The number of aliphatic hydroxyl groups excluding tert-OH is 1. The molecule has 0 aliphatic heterocycles. The molecule has 0 aromatic carbocycles. The topological polar surface area (TPSA) is 20.2 Å². The number of hydrogen-bond donors (Lipinski definition) is 1. The van der Waals surface area contributed by atoms with Gasteiger partial charge in [0.05, 0.1) is 6.10 Å². The van der Waals surface area contributed by atoms with Crippen molar-refractivity contribution in [3.8, 4) is 0 Å². The molecule has 0 fully saturated rings. The van der Waals surface area contributed by atoms with Crippen molar-refractivity contribution in [2.45, 2.75) is 26.4 Å². The third-order valence-electron chi connectivity index (χ3n) is 1.01. The van der Waals surface area contributed by atoms with E-state index in [9.17, 15) is 0 Å². The lowest BCUT2D eigenvalue weighted by atomic mass is 10.1. The molecule has 0 radical (unpaired) electrons. The van der Waals surface area contributed by atoms with Crippen molar-refractivity contribution >= 4 is 22.6 Å². The normalized spacial score (nSPS) is 15.2. The lowest BCUT2D eigenvalue weighted by Gasteiger charge is -2.06. The molecule has 1 nitrogen and oxygen atoms in total. The van der Waals surface area contributed by atoms with Crippen LogP contribution in [0.25, 0.3) is 0 Å². The second kappa shape index (κ2) is 5.23. The largest absolute Gasteiger partial charge is 0.389 e. The fraction of sp³-hybridized carbons (Fsp3) is 0.714. The highest BCUT2D eigenvalue weighted by Crippen LogP contribution is 2.05. The molecular formula is C7H13IO. The maximum atomic E-state index is 9.13. The van der Waals surface area contributed by atoms with Crippen molar-refractivity contribution in [1.29, 1.82) is 0 Å². The summed E-state index contributed by atoms with van der Waals surface area (Å²) in [6, 6.07) is 0. The van der Waals surface area contributed by atoms with Crippen LogP contribution >= 0.6 is 22.6 Å². The van der Waals surface area contributed by atoms with E-state index in [1.807, 2.05) is 4.08 Å². The molecule has 0 saturated carbocycles. The van der Waals surface area contributed by atoms with Gasteiger partial charge in [0.15, 0.2) is 0 Å². The van der Waals surface area contributed by atoms with Gasteiger partial charge in [-0.2, -0.15) is 0 Å². The van der Waals surface area contributed by atoms with Crippen LogP contribution in [0.4, 0.5) is 0 Å². The van der Waals surface area contributed by atoms with Crippen LogP contribution in [-0.4, -0.2) is 11.2 Å². The summed E-state index contributed by atoms with van der Waals surface area (Å²) in [5, 5.41) is 9.13. The molecule has 0 spiro atoms. The van der Waals surface area contributed by atoms with E-state index in [0.717, 1.165) is 6.42 Å². The van der Waals surface area contributed by atoms with Crippen molar-refractivity contribution in [3.63, 3.8) is 0 Å². The van der Waals surface area contributed by atoms with E-state index >= 15 is 0 Å². The fourth-order valence-corrected chi connectivity index (χ4v) is 1.12. The van der Waals surface area contributed by atoms with E-state index in [2.05, 4.69) is 36.4 Å². The third kappa shape index (κ3) is 6.31. The average molecular weight is 240 g/mol. The highest BCUT2D eigenvalue weighted by atomic mass is 127. The number of aliphatic hydroxyl groups is 1. The summed E-state index contributed by atoms with van der Waals surface area (Å²) in [7, 11) is 0. The van der Waals surface area contributed by atoms with Gasteiger partial charge in [0.1, 0.15) is 0 Å². The summed E-state index contributed by atoms with van der Waals surface area (Å²) in [6.45, 7) is 4.20. The highest BCUT2D eigenvalue weighted by molar-refractivity contribution is 14.1. The Kier molecular flexibility index (Phi) is 5.48. The molecule has 0 aromatic heterocycles. The van der Waals surface area contributed by atoms with Gasteiger partial charge < -0.3 is 5.11 Å². The molecule has 1 atom stereocenters. The zero-order chi connectivity index (χ0) is 7.28. The lowest BCUT2D eigenvalue weighted by Crippen LogP contribution is -2.05. The molecule has 0 rings (SSSR count). The van der Waals surface area contributed by atoms with E-state index in [4.69, 9.17) is 5.11 Å². The van der Waals surface area contributed by atoms with E-state index in [0.29, 0.717) is 5.92 Å². The van der Waals surface area contributed by atoms with Gasteiger partial charge in [-0.05, 0) is 16.4 Å². The Hall–Kier alpha value is 0.430. The molecule has 2 heteroatoms. The molecule has 0 bridgehead atoms. The van der Waals surface area contributed by atoms with Crippen LogP contribution < -0.4 is 0 Å². The van der Waals surface area contributed by atoms with Crippen LogP contribution in [0.1, 0.15) is 20.3 Å². The average Bonchev–Trinajstić information content (AvgIpc) is 1.63. The minimum Gasteiger partial charge on any atom is -0.389 e. The summed E-state index contributed by atoms with van der Waals surface area (Å²) in [5.41, 5.74) is 0. The second-order valence-electron chi connectivity index (χ2n) is 2.52. The first-order valence-corrected chi connectivity index (χ1v) is 4.36. The maximum absolute atomic E-state index is 9.13. The Morgan fingerprint density at radius 3 is 2.44 bits per heavy atom. The predicted octanol–water partition coefficient (Wildman–Crippen LogP) is 2.34.